The molecule has 0 fully saturated rings. The van der Waals surface area contributed by atoms with Gasteiger partial charge in [-0.25, -0.2) is 4.79 Å². The number of aldehydes is 1. The van der Waals surface area contributed by atoms with Crippen molar-refractivity contribution in [2.24, 2.45) is 5.92 Å². The van der Waals surface area contributed by atoms with Crippen LogP contribution in [0.25, 0.3) is 0 Å². The van der Waals surface area contributed by atoms with Gasteiger partial charge >= 0.3 is 5.97 Å². The Labute approximate surface area is 141 Å². The molecule has 0 spiro atoms. The first-order valence-electron chi connectivity index (χ1n) is 8.06. The van der Waals surface area contributed by atoms with Crippen LogP contribution in [0.1, 0.15) is 62.0 Å². The maximum Gasteiger partial charge on any atom is 0.338 e. The van der Waals surface area contributed by atoms with Crippen molar-refractivity contribution in [1.29, 1.82) is 0 Å². The van der Waals surface area contributed by atoms with Crippen LogP contribution in [0.15, 0.2) is 12.1 Å². The van der Waals surface area contributed by atoms with E-state index in [0.29, 0.717) is 12.0 Å². The van der Waals surface area contributed by atoms with Crippen molar-refractivity contribution in [3.63, 3.8) is 0 Å². The third-order valence-corrected chi connectivity index (χ3v) is 2.87. The molecule has 0 aromatic heterocycles. The number of hydrogen-bond acceptors (Lipinski definition) is 4. The largest absolute Gasteiger partial charge is 0.465 e. The van der Waals surface area contributed by atoms with E-state index in [-0.39, 0.29) is 5.97 Å². The lowest BCUT2D eigenvalue weighted by molar-refractivity contribution is -0.107. The van der Waals surface area contributed by atoms with Gasteiger partial charge in [0.05, 0.1) is 12.7 Å². The van der Waals surface area contributed by atoms with Crippen LogP contribution in [0.4, 0.5) is 5.69 Å². The SMILES string of the molecule is CC(C)C.CCCC=O.CNc1ccc(C(=O)OC)c(C)c1C. The first kappa shape index (κ1) is 23.4. The molecule has 4 nitrogen and oxygen atoms in total. The Balaban J connectivity index is 0. The molecule has 0 unspecified atom stereocenters. The third kappa shape index (κ3) is 10.5. The molecule has 0 amide bonds. The van der Waals surface area contributed by atoms with Crippen LogP contribution in [0.2, 0.25) is 0 Å². The summed E-state index contributed by atoms with van der Waals surface area (Å²) < 4.78 is 4.69. The Bertz CT molecular complexity index is 465. The number of rotatable bonds is 4. The van der Waals surface area contributed by atoms with Crippen molar-refractivity contribution in [3.8, 4) is 0 Å². The molecule has 1 N–H and O–H groups in total. The van der Waals surface area contributed by atoms with Crippen LogP contribution in [0, 0.1) is 19.8 Å². The topological polar surface area (TPSA) is 55.4 Å². The van der Waals surface area contributed by atoms with Gasteiger partial charge in [-0.1, -0.05) is 27.7 Å². The number of ether oxygens (including phenoxy) is 1. The summed E-state index contributed by atoms with van der Waals surface area (Å²) in [6.45, 7) is 12.4. The maximum atomic E-state index is 11.3. The average Bonchev–Trinajstić information content (AvgIpc) is 2.50. The molecule has 4 heteroatoms. The van der Waals surface area contributed by atoms with E-state index < -0.39 is 0 Å². The number of unbranched alkanes of at least 4 members (excludes halogenated alkanes) is 1. The lowest BCUT2D eigenvalue weighted by atomic mass is 10.0. The summed E-state index contributed by atoms with van der Waals surface area (Å²) in [6.07, 6.45) is 2.61. The van der Waals surface area contributed by atoms with Crippen LogP contribution in [0.5, 0.6) is 0 Å². The van der Waals surface area contributed by atoms with Gasteiger partial charge in [0.2, 0.25) is 0 Å². The highest BCUT2D eigenvalue weighted by molar-refractivity contribution is 5.92. The van der Waals surface area contributed by atoms with E-state index >= 15 is 0 Å². The van der Waals surface area contributed by atoms with Crippen molar-refractivity contribution in [1.82, 2.24) is 0 Å². The minimum Gasteiger partial charge on any atom is -0.465 e. The maximum absolute atomic E-state index is 11.3. The van der Waals surface area contributed by atoms with Gasteiger partial charge < -0.3 is 14.8 Å². The van der Waals surface area contributed by atoms with Gasteiger partial charge in [0.25, 0.3) is 0 Å². The average molecular weight is 323 g/mol. The van der Waals surface area contributed by atoms with Gasteiger partial charge in [-0.15, -0.1) is 0 Å². The number of hydrogen-bond donors (Lipinski definition) is 1. The molecule has 0 heterocycles. The molecule has 0 saturated heterocycles. The molecule has 23 heavy (non-hydrogen) atoms. The molecular weight excluding hydrogens is 290 g/mol. The number of esters is 1. The van der Waals surface area contributed by atoms with Crippen molar-refractivity contribution in [2.45, 2.75) is 54.4 Å². The van der Waals surface area contributed by atoms with Gasteiger partial charge in [0.1, 0.15) is 6.29 Å². The summed E-state index contributed by atoms with van der Waals surface area (Å²) in [6, 6.07) is 3.66. The first-order chi connectivity index (χ1) is 10.8. The molecule has 0 radical (unpaired) electrons. The molecular formula is C19H33NO3. The second-order valence-corrected chi connectivity index (χ2v) is 5.84. The van der Waals surface area contributed by atoms with Crippen molar-refractivity contribution in [3.05, 3.63) is 28.8 Å². The van der Waals surface area contributed by atoms with Crippen LogP contribution < -0.4 is 5.32 Å². The Morgan fingerprint density at radius 2 is 1.74 bits per heavy atom. The van der Waals surface area contributed by atoms with E-state index in [9.17, 15) is 9.59 Å². The van der Waals surface area contributed by atoms with Crippen LogP contribution in [-0.4, -0.2) is 26.4 Å². The predicted octanol–water partition coefficient (Wildman–Crippen LogP) is 4.78. The van der Waals surface area contributed by atoms with Gasteiger partial charge in [0, 0.05) is 19.2 Å². The molecule has 1 aromatic carbocycles. The fourth-order valence-electron chi connectivity index (χ4n) is 1.54. The molecule has 0 saturated carbocycles. The first-order valence-corrected chi connectivity index (χ1v) is 8.06. The summed E-state index contributed by atoms with van der Waals surface area (Å²) >= 11 is 0. The van der Waals surface area contributed by atoms with Gasteiger partial charge in [-0.3, -0.25) is 0 Å². The Morgan fingerprint density at radius 3 is 2.04 bits per heavy atom. The molecule has 0 bridgehead atoms. The fourth-order valence-corrected chi connectivity index (χ4v) is 1.54. The van der Waals surface area contributed by atoms with E-state index in [1.165, 1.54) is 7.11 Å². The normalized spacial score (nSPS) is 9.09. The zero-order chi connectivity index (χ0) is 18.4. The highest BCUT2D eigenvalue weighted by Gasteiger charge is 2.11. The molecule has 0 aliphatic heterocycles. The second-order valence-electron chi connectivity index (χ2n) is 5.84. The van der Waals surface area contributed by atoms with Crippen LogP contribution >= 0.6 is 0 Å². The molecule has 132 valence electrons. The summed E-state index contributed by atoms with van der Waals surface area (Å²) in [5.74, 6) is 0.549. The van der Waals surface area contributed by atoms with Gasteiger partial charge in [-0.2, -0.15) is 0 Å². The number of carbonyl (C=O) groups excluding carboxylic acids is 2. The van der Waals surface area contributed by atoms with Crippen molar-refractivity contribution < 1.29 is 14.3 Å². The van der Waals surface area contributed by atoms with Crippen molar-refractivity contribution >= 4 is 17.9 Å². The van der Waals surface area contributed by atoms with Crippen LogP contribution in [0.3, 0.4) is 0 Å². The smallest absolute Gasteiger partial charge is 0.338 e. The summed E-state index contributed by atoms with van der Waals surface area (Å²) in [5.41, 5.74) is 3.71. The number of methoxy groups -OCH3 is 1. The molecule has 1 aromatic rings. The molecule has 0 aliphatic rings. The summed E-state index contributed by atoms with van der Waals surface area (Å²) in [7, 11) is 3.25. The van der Waals surface area contributed by atoms with Gasteiger partial charge in [0.15, 0.2) is 0 Å². The van der Waals surface area contributed by atoms with Crippen LogP contribution in [-0.2, 0) is 9.53 Å². The van der Waals surface area contributed by atoms with E-state index in [1.54, 1.807) is 6.07 Å². The molecule has 0 atom stereocenters. The Kier molecular flexibility index (Phi) is 14.1. The highest BCUT2D eigenvalue weighted by Crippen LogP contribution is 2.22. The highest BCUT2D eigenvalue weighted by atomic mass is 16.5. The third-order valence-electron chi connectivity index (χ3n) is 2.87. The van der Waals surface area contributed by atoms with E-state index in [1.807, 2.05) is 33.9 Å². The lowest BCUT2D eigenvalue weighted by Crippen LogP contribution is -2.06. The summed E-state index contributed by atoms with van der Waals surface area (Å²) in [4.78, 5) is 20.7. The monoisotopic (exact) mass is 323 g/mol. The Morgan fingerprint density at radius 1 is 1.22 bits per heavy atom. The Hall–Kier alpha value is -1.84. The number of anilines is 1. The molecule has 0 aliphatic carbocycles. The van der Waals surface area contributed by atoms with E-state index in [0.717, 1.165) is 35.4 Å². The quantitative estimate of drug-likeness (QED) is 0.640. The second kappa shape index (κ2) is 13.8. The number of carbonyl (C=O) groups is 2. The van der Waals surface area contributed by atoms with E-state index in [2.05, 4.69) is 30.8 Å². The predicted molar refractivity (Wildman–Crippen MR) is 98.3 cm³/mol. The zero-order valence-corrected chi connectivity index (χ0v) is 15.9. The fraction of sp³-hybridized carbons (Fsp3) is 0.579. The standard InChI is InChI=1S/C11H15NO2.C4H8O.C4H10/c1-7-8(2)10(12-3)6-5-9(7)11(13)14-4;1-2-3-4-5;1-4(2)3/h5-6,12H,1-4H3;4H,2-3H2,1H3;4H,1-3H3. The van der Waals surface area contributed by atoms with Gasteiger partial charge in [-0.05, 0) is 49.4 Å². The number of benzene rings is 1. The molecule has 1 rings (SSSR count). The lowest BCUT2D eigenvalue weighted by Gasteiger charge is -2.11. The van der Waals surface area contributed by atoms with Crippen molar-refractivity contribution in [2.75, 3.05) is 19.5 Å². The minimum absolute atomic E-state index is 0.284. The summed E-state index contributed by atoms with van der Waals surface area (Å²) in [5, 5.41) is 3.07. The van der Waals surface area contributed by atoms with E-state index in [4.69, 9.17) is 0 Å². The number of nitrogens with one attached hydrogen (secondary N) is 1. The minimum atomic E-state index is -0.284. The zero-order valence-electron chi connectivity index (χ0n) is 15.9.